The van der Waals surface area contributed by atoms with E-state index in [2.05, 4.69) is 6.92 Å². The Morgan fingerprint density at radius 3 is 2.62 bits per heavy atom. The maximum atomic E-state index is 12.0. The molecule has 0 saturated heterocycles. The lowest BCUT2D eigenvalue weighted by Gasteiger charge is -2.11. The van der Waals surface area contributed by atoms with Crippen LogP contribution in [0.5, 0.6) is 5.75 Å². The lowest BCUT2D eigenvalue weighted by atomic mass is 10.00. The number of unbranched alkanes of at least 4 members (excludes halogenated alkanes) is 4. The van der Waals surface area contributed by atoms with Crippen molar-refractivity contribution in [2.75, 3.05) is 7.11 Å². The first-order valence-corrected chi connectivity index (χ1v) is 9.07. The largest absolute Gasteiger partial charge is 0.496 e. The summed E-state index contributed by atoms with van der Waals surface area (Å²) in [5.41, 5.74) is 1.75. The highest BCUT2D eigenvalue weighted by Gasteiger charge is 2.11. The van der Waals surface area contributed by atoms with E-state index in [1.165, 1.54) is 19.3 Å². The van der Waals surface area contributed by atoms with Crippen molar-refractivity contribution in [3.63, 3.8) is 0 Å². The van der Waals surface area contributed by atoms with Gasteiger partial charge in [0, 0.05) is 18.4 Å². The molecule has 0 aliphatic rings. The van der Waals surface area contributed by atoms with Gasteiger partial charge >= 0.3 is 0 Å². The molecule has 0 spiro atoms. The number of hydrogen-bond acceptors (Lipinski definition) is 4. The predicted molar refractivity (Wildman–Crippen MR) is 96.2 cm³/mol. The standard InChI is InChI=1S/C20H32O4/c1-3-4-5-6-7-8-18(22)14-19(23)12-10-16-9-11-17(15-21)20(13-16)24-2/h9,11,13,18,21-22H,3-8,10,12,14-15H2,1-2H3. The van der Waals surface area contributed by atoms with E-state index in [4.69, 9.17) is 4.74 Å². The SMILES string of the molecule is CCCCCCCC(O)CC(=O)CCc1ccc(CO)c(OC)c1. The summed E-state index contributed by atoms with van der Waals surface area (Å²) >= 11 is 0. The third-order valence-corrected chi connectivity index (χ3v) is 4.32. The number of hydrogen-bond donors (Lipinski definition) is 2. The molecule has 136 valence electrons. The van der Waals surface area contributed by atoms with Gasteiger partial charge in [-0.3, -0.25) is 4.79 Å². The van der Waals surface area contributed by atoms with E-state index in [0.717, 1.165) is 24.0 Å². The van der Waals surface area contributed by atoms with E-state index in [-0.39, 0.29) is 18.8 Å². The van der Waals surface area contributed by atoms with Gasteiger partial charge in [0.15, 0.2) is 0 Å². The summed E-state index contributed by atoms with van der Waals surface area (Å²) in [5, 5.41) is 19.2. The third kappa shape index (κ3) is 7.93. The van der Waals surface area contributed by atoms with Gasteiger partial charge in [0.05, 0.1) is 19.8 Å². The normalized spacial score (nSPS) is 12.2. The number of aryl methyl sites for hydroxylation is 1. The van der Waals surface area contributed by atoms with Crippen molar-refractivity contribution in [2.45, 2.75) is 77.4 Å². The van der Waals surface area contributed by atoms with Gasteiger partial charge in [-0.1, -0.05) is 51.2 Å². The number of benzene rings is 1. The number of carbonyl (C=O) groups excluding carboxylic acids is 1. The van der Waals surface area contributed by atoms with Crippen molar-refractivity contribution in [1.82, 2.24) is 0 Å². The molecular weight excluding hydrogens is 304 g/mol. The number of aliphatic hydroxyl groups excluding tert-OH is 2. The van der Waals surface area contributed by atoms with Crippen molar-refractivity contribution >= 4 is 5.78 Å². The highest BCUT2D eigenvalue weighted by Crippen LogP contribution is 2.21. The highest BCUT2D eigenvalue weighted by molar-refractivity contribution is 5.79. The Labute approximate surface area is 145 Å². The molecule has 0 saturated carbocycles. The molecule has 0 radical (unpaired) electrons. The summed E-state index contributed by atoms with van der Waals surface area (Å²) < 4.78 is 5.24. The van der Waals surface area contributed by atoms with Crippen molar-refractivity contribution in [3.05, 3.63) is 29.3 Å². The quantitative estimate of drug-likeness (QED) is 0.538. The molecule has 4 heteroatoms. The van der Waals surface area contributed by atoms with Gasteiger partial charge in [0.25, 0.3) is 0 Å². The van der Waals surface area contributed by atoms with Crippen molar-refractivity contribution < 1.29 is 19.7 Å². The molecule has 1 rings (SSSR count). The fraction of sp³-hybridized carbons (Fsp3) is 0.650. The van der Waals surface area contributed by atoms with E-state index in [9.17, 15) is 15.0 Å². The van der Waals surface area contributed by atoms with E-state index in [1.54, 1.807) is 7.11 Å². The molecule has 24 heavy (non-hydrogen) atoms. The number of rotatable bonds is 13. The van der Waals surface area contributed by atoms with Crippen molar-refractivity contribution in [1.29, 1.82) is 0 Å². The first-order valence-electron chi connectivity index (χ1n) is 9.07. The summed E-state index contributed by atoms with van der Waals surface area (Å²) in [6, 6.07) is 5.60. The molecule has 0 amide bonds. The van der Waals surface area contributed by atoms with Crippen LogP contribution < -0.4 is 4.74 Å². The molecular formula is C20H32O4. The number of ether oxygens (including phenoxy) is 1. The van der Waals surface area contributed by atoms with E-state index in [1.807, 2.05) is 18.2 Å². The highest BCUT2D eigenvalue weighted by atomic mass is 16.5. The molecule has 1 unspecified atom stereocenters. The molecule has 0 aromatic heterocycles. The maximum Gasteiger partial charge on any atom is 0.135 e. The van der Waals surface area contributed by atoms with Gasteiger partial charge in [-0.25, -0.2) is 0 Å². The van der Waals surface area contributed by atoms with Crippen LogP contribution in [0.4, 0.5) is 0 Å². The Balaban J connectivity index is 2.30. The predicted octanol–water partition coefficient (Wildman–Crippen LogP) is 3.80. The Morgan fingerprint density at radius 1 is 1.21 bits per heavy atom. The molecule has 0 heterocycles. The summed E-state index contributed by atoms with van der Waals surface area (Å²) in [4.78, 5) is 12.0. The lowest BCUT2D eigenvalue weighted by Crippen LogP contribution is -2.14. The Bertz CT molecular complexity index is 485. The van der Waals surface area contributed by atoms with Gasteiger partial charge < -0.3 is 14.9 Å². The molecule has 1 atom stereocenters. The number of carbonyl (C=O) groups is 1. The molecule has 0 aliphatic carbocycles. The van der Waals surface area contributed by atoms with Crippen LogP contribution in [0.3, 0.4) is 0 Å². The first-order chi connectivity index (χ1) is 11.6. The van der Waals surface area contributed by atoms with E-state index < -0.39 is 6.10 Å². The van der Waals surface area contributed by atoms with E-state index in [0.29, 0.717) is 25.0 Å². The lowest BCUT2D eigenvalue weighted by molar-refractivity contribution is -0.121. The molecule has 0 bridgehead atoms. The minimum Gasteiger partial charge on any atom is -0.496 e. The minimum absolute atomic E-state index is 0.0627. The van der Waals surface area contributed by atoms with Crippen molar-refractivity contribution in [3.8, 4) is 5.75 Å². The molecule has 1 aromatic carbocycles. The number of ketones is 1. The van der Waals surface area contributed by atoms with Gasteiger partial charge in [-0.2, -0.15) is 0 Å². The molecule has 2 N–H and O–H groups in total. The Kier molecular flexibility index (Phi) is 10.4. The van der Waals surface area contributed by atoms with E-state index >= 15 is 0 Å². The smallest absolute Gasteiger partial charge is 0.135 e. The third-order valence-electron chi connectivity index (χ3n) is 4.32. The zero-order valence-electron chi connectivity index (χ0n) is 15.1. The van der Waals surface area contributed by atoms with Crippen LogP contribution in [0.2, 0.25) is 0 Å². The minimum atomic E-state index is -0.509. The topological polar surface area (TPSA) is 66.8 Å². The Morgan fingerprint density at radius 2 is 1.96 bits per heavy atom. The van der Waals surface area contributed by atoms with Crippen LogP contribution in [0.15, 0.2) is 18.2 Å². The van der Waals surface area contributed by atoms with Crippen LogP contribution >= 0.6 is 0 Å². The molecule has 0 fully saturated rings. The summed E-state index contributed by atoms with van der Waals surface area (Å²) in [7, 11) is 1.57. The number of methoxy groups -OCH3 is 1. The average Bonchev–Trinajstić information content (AvgIpc) is 2.59. The summed E-state index contributed by atoms with van der Waals surface area (Å²) in [6.07, 6.45) is 7.31. The monoisotopic (exact) mass is 336 g/mol. The van der Waals surface area contributed by atoms with Crippen LogP contribution in [0.1, 0.15) is 69.4 Å². The second-order valence-electron chi connectivity index (χ2n) is 6.40. The van der Waals surface area contributed by atoms with Gasteiger partial charge in [-0.15, -0.1) is 0 Å². The first kappa shape index (κ1) is 20.7. The maximum absolute atomic E-state index is 12.0. The summed E-state index contributed by atoms with van der Waals surface area (Å²) in [5.74, 6) is 0.746. The van der Waals surface area contributed by atoms with Crippen LogP contribution in [0.25, 0.3) is 0 Å². The number of Topliss-reactive ketones (excluding diaryl/α,β-unsaturated/α-hetero) is 1. The zero-order valence-corrected chi connectivity index (χ0v) is 15.1. The van der Waals surface area contributed by atoms with Gasteiger partial charge in [0.2, 0.25) is 0 Å². The second-order valence-corrected chi connectivity index (χ2v) is 6.40. The van der Waals surface area contributed by atoms with Crippen molar-refractivity contribution in [2.24, 2.45) is 0 Å². The zero-order chi connectivity index (χ0) is 17.8. The van der Waals surface area contributed by atoms with Gasteiger partial charge in [-0.05, 0) is 24.5 Å². The van der Waals surface area contributed by atoms with Crippen LogP contribution in [-0.2, 0) is 17.8 Å². The van der Waals surface area contributed by atoms with Gasteiger partial charge in [0.1, 0.15) is 11.5 Å². The molecule has 0 aliphatic heterocycles. The Hall–Kier alpha value is -1.39. The fourth-order valence-electron chi connectivity index (χ4n) is 2.81. The molecule has 4 nitrogen and oxygen atoms in total. The number of aliphatic hydroxyl groups is 2. The average molecular weight is 336 g/mol. The summed E-state index contributed by atoms with van der Waals surface area (Å²) in [6.45, 7) is 2.12. The second kappa shape index (κ2) is 12.0. The van der Waals surface area contributed by atoms with Crippen LogP contribution in [-0.4, -0.2) is 29.2 Å². The fourth-order valence-corrected chi connectivity index (χ4v) is 2.81. The molecule has 1 aromatic rings. The van der Waals surface area contributed by atoms with Crippen LogP contribution in [0, 0.1) is 0 Å².